The van der Waals surface area contributed by atoms with E-state index in [1.165, 1.54) is 0 Å². The summed E-state index contributed by atoms with van der Waals surface area (Å²) in [4.78, 5) is 18.1. The fourth-order valence-electron chi connectivity index (χ4n) is 1.36. The standard InChI is InChI=1S/C11H10N2O2/c14-7-9-3-4-10(11(15)13-9)8-2-1-5-12-6-8/h1-6,14H,7H2,(H,13,15). The van der Waals surface area contributed by atoms with E-state index in [-0.39, 0.29) is 12.2 Å². The van der Waals surface area contributed by atoms with Crippen molar-refractivity contribution >= 4 is 0 Å². The van der Waals surface area contributed by atoms with Crippen molar-refractivity contribution in [1.82, 2.24) is 9.97 Å². The molecule has 4 nitrogen and oxygen atoms in total. The van der Waals surface area contributed by atoms with Gasteiger partial charge in [0, 0.05) is 29.2 Å². The molecule has 2 aromatic heterocycles. The van der Waals surface area contributed by atoms with Crippen LogP contribution in [-0.2, 0) is 6.61 Å². The van der Waals surface area contributed by atoms with E-state index in [1.807, 2.05) is 6.07 Å². The molecule has 0 radical (unpaired) electrons. The highest BCUT2D eigenvalue weighted by Crippen LogP contribution is 2.12. The second-order valence-electron chi connectivity index (χ2n) is 3.13. The number of pyridine rings is 2. The van der Waals surface area contributed by atoms with Crippen LogP contribution < -0.4 is 5.56 Å². The summed E-state index contributed by atoms with van der Waals surface area (Å²) in [6.45, 7) is -0.164. The summed E-state index contributed by atoms with van der Waals surface area (Å²) in [5.74, 6) is 0. The number of aromatic amines is 1. The van der Waals surface area contributed by atoms with Crippen molar-refractivity contribution in [3.63, 3.8) is 0 Å². The average Bonchev–Trinajstić information content (AvgIpc) is 2.30. The van der Waals surface area contributed by atoms with Crippen LogP contribution in [0.3, 0.4) is 0 Å². The zero-order valence-corrected chi connectivity index (χ0v) is 7.97. The lowest BCUT2D eigenvalue weighted by molar-refractivity contribution is 0.276. The minimum atomic E-state index is -0.213. The molecule has 4 heteroatoms. The van der Waals surface area contributed by atoms with Crippen molar-refractivity contribution < 1.29 is 5.11 Å². The van der Waals surface area contributed by atoms with E-state index in [1.54, 1.807) is 30.6 Å². The molecule has 0 aliphatic carbocycles. The van der Waals surface area contributed by atoms with E-state index in [0.717, 1.165) is 5.56 Å². The lowest BCUT2D eigenvalue weighted by Crippen LogP contribution is -2.11. The number of aromatic nitrogens is 2. The first-order valence-corrected chi connectivity index (χ1v) is 4.55. The Morgan fingerprint density at radius 1 is 1.33 bits per heavy atom. The van der Waals surface area contributed by atoms with E-state index in [9.17, 15) is 4.79 Å². The molecule has 76 valence electrons. The maximum absolute atomic E-state index is 11.6. The molecule has 0 aliphatic rings. The largest absolute Gasteiger partial charge is 0.390 e. The van der Waals surface area contributed by atoms with E-state index in [0.29, 0.717) is 11.3 Å². The molecule has 0 saturated heterocycles. The van der Waals surface area contributed by atoms with Crippen LogP contribution >= 0.6 is 0 Å². The monoisotopic (exact) mass is 202 g/mol. The topological polar surface area (TPSA) is 66.0 Å². The molecule has 2 aromatic rings. The van der Waals surface area contributed by atoms with Crippen molar-refractivity contribution in [1.29, 1.82) is 0 Å². The fraction of sp³-hybridized carbons (Fsp3) is 0.0909. The number of hydrogen-bond acceptors (Lipinski definition) is 3. The normalized spacial score (nSPS) is 10.2. The van der Waals surface area contributed by atoms with Crippen LogP contribution in [0.2, 0.25) is 0 Å². The Kier molecular flexibility index (Phi) is 2.60. The van der Waals surface area contributed by atoms with Crippen molar-refractivity contribution in [2.45, 2.75) is 6.61 Å². The van der Waals surface area contributed by atoms with E-state index < -0.39 is 0 Å². The molecule has 0 atom stereocenters. The molecule has 15 heavy (non-hydrogen) atoms. The Morgan fingerprint density at radius 3 is 2.80 bits per heavy atom. The number of aliphatic hydroxyl groups is 1. The van der Waals surface area contributed by atoms with Gasteiger partial charge in [-0.2, -0.15) is 0 Å². The molecule has 0 fully saturated rings. The maximum Gasteiger partial charge on any atom is 0.256 e. The Labute approximate surface area is 86.2 Å². The Hall–Kier alpha value is -1.94. The van der Waals surface area contributed by atoms with Crippen LogP contribution in [0.4, 0.5) is 0 Å². The quantitative estimate of drug-likeness (QED) is 0.761. The third kappa shape index (κ3) is 1.94. The van der Waals surface area contributed by atoms with Crippen LogP contribution in [0.5, 0.6) is 0 Å². The molecule has 0 saturated carbocycles. The van der Waals surface area contributed by atoms with E-state index >= 15 is 0 Å². The SMILES string of the molecule is O=c1[nH]c(CO)ccc1-c1cccnc1. The van der Waals surface area contributed by atoms with Gasteiger partial charge in [-0.1, -0.05) is 6.07 Å². The van der Waals surface area contributed by atoms with Gasteiger partial charge in [0.25, 0.3) is 5.56 Å². The van der Waals surface area contributed by atoms with Gasteiger partial charge in [-0.25, -0.2) is 0 Å². The number of nitrogens with one attached hydrogen (secondary N) is 1. The van der Waals surface area contributed by atoms with Crippen LogP contribution in [0.15, 0.2) is 41.5 Å². The molecule has 2 heterocycles. The van der Waals surface area contributed by atoms with E-state index in [4.69, 9.17) is 5.11 Å². The number of H-pyrrole nitrogens is 1. The minimum Gasteiger partial charge on any atom is -0.390 e. The minimum absolute atomic E-state index is 0.164. The molecule has 0 unspecified atom stereocenters. The van der Waals surface area contributed by atoms with Crippen LogP contribution in [0, 0.1) is 0 Å². The van der Waals surface area contributed by atoms with E-state index in [2.05, 4.69) is 9.97 Å². The summed E-state index contributed by atoms with van der Waals surface area (Å²) in [7, 11) is 0. The first-order valence-electron chi connectivity index (χ1n) is 4.55. The second kappa shape index (κ2) is 4.06. The van der Waals surface area contributed by atoms with Crippen molar-refractivity contribution in [2.75, 3.05) is 0 Å². The summed E-state index contributed by atoms with van der Waals surface area (Å²) in [6.07, 6.45) is 3.28. The summed E-state index contributed by atoms with van der Waals surface area (Å²) in [6, 6.07) is 6.95. The van der Waals surface area contributed by atoms with Crippen LogP contribution in [0.1, 0.15) is 5.69 Å². The van der Waals surface area contributed by atoms with Crippen LogP contribution in [-0.4, -0.2) is 15.1 Å². The Balaban J connectivity index is 2.51. The Bertz CT molecular complexity index is 505. The number of hydrogen-bond donors (Lipinski definition) is 2. The Morgan fingerprint density at radius 2 is 2.20 bits per heavy atom. The first-order chi connectivity index (χ1) is 7.31. The predicted octanol–water partition coefficient (Wildman–Crippen LogP) is 0.929. The lowest BCUT2D eigenvalue weighted by atomic mass is 10.1. The van der Waals surface area contributed by atoms with Gasteiger partial charge >= 0.3 is 0 Å². The lowest BCUT2D eigenvalue weighted by Gasteiger charge is -2.01. The molecule has 2 N–H and O–H groups in total. The molecule has 0 amide bonds. The summed E-state index contributed by atoms with van der Waals surface area (Å²) in [5.41, 5.74) is 1.62. The maximum atomic E-state index is 11.6. The molecule has 0 aliphatic heterocycles. The predicted molar refractivity (Wildman–Crippen MR) is 56.2 cm³/mol. The van der Waals surface area contributed by atoms with Crippen molar-refractivity contribution in [3.05, 3.63) is 52.7 Å². The molecular weight excluding hydrogens is 192 g/mol. The third-order valence-electron chi connectivity index (χ3n) is 2.11. The highest BCUT2D eigenvalue weighted by molar-refractivity contribution is 5.60. The second-order valence-corrected chi connectivity index (χ2v) is 3.13. The van der Waals surface area contributed by atoms with Crippen LogP contribution in [0.25, 0.3) is 11.1 Å². The summed E-state index contributed by atoms with van der Waals surface area (Å²) >= 11 is 0. The van der Waals surface area contributed by atoms with Gasteiger partial charge < -0.3 is 10.1 Å². The smallest absolute Gasteiger partial charge is 0.256 e. The average molecular weight is 202 g/mol. The van der Waals surface area contributed by atoms with Crippen molar-refractivity contribution in [2.24, 2.45) is 0 Å². The third-order valence-corrected chi connectivity index (χ3v) is 2.11. The molecule has 0 spiro atoms. The fourth-order valence-corrected chi connectivity index (χ4v) is 1.36. The van der Waals surface area contributed by atoms with Gasteiger partial charge in [0.15, 0.2) is 0 Å². The highest BCUT2D eigenvalue weighted by Gasteiger charge is 2.02. The number of rotatable bonds is 2. The van der Waals surface area contributed by atoms with Gasteiger partial charge in [0.1, 0.15) is 0 Å². The molecule has 2 rings (SSSR count). The van der Waals surface area contributed by atoms with Gasteiger partial charge in [-0.3, -0.25) is 9.78 Å². The van der Waals surface area contributed by atoms with Gasteiger partial charge in [-0.05, 0) is 18.2 Å². The number of aliphatic hydroxyl groups excluding tert-OH is 1. The van der Waals surface area contributed by atoms with Gasteiger partial charge in [-0.15, -0.1) is 0 Å². The molecule has 0 aromatic carbocycles. The van der Waals surface area contributed by atoms with Gasteiger partial charge in [0.2, 0.25) is 0 Å². The zero-order valence-electron chi connectivity index (χ0n) is 7.97. The zero-order chi connectivity index (χ0) is 10.7. The van der Waals surface area contributed by atoms with Gasteiger partial charge in [0.05, 0.1) is 6.61 Å². The van der Waals surface area contributed by atoms with Crippen molar-refractivity contribution in [3.8, 4) is 11.1 Å². The highest BCUT2D eigenvalue weighted by atomic mass is 16.3. The summed E-state index contributed by atoms with van der Waals surface area (Å²) < 4.78 is 0. The number of nitrogens with zero attached hydrogens (tertiary/aromatic N) is 1. The summed E-state index contributed by atoms with van der Waals surface area (Å²) in [5, 5.41) is 8.84. The molecular formula is C11H10N2O2. The first kappa shape index (κ1) is 9.61. The molecule has 0 bridgehead atoms.